The summed E-state index contributed by atoms with van der Waals surface area (Å²) in [6.45, 7) is 5.63. The van der Waals surface area contributed by atoms with E-state index in [1.54, 1.807) is 11.9 Å². The molecule has 2 atom stereocenters. The molecule has 26 heavy (non-hydrogen) atoms. The van der Waals surface area contributed by atoms with Gasteiger partial charge in [0.2, 0.25) is 11.8 Å². The fourth-order valence-corrected chi connectivity index (χ4v) is 3.82. The molecule has 0 radical (unpaired) electrons. The lowest BCUT2D eigenvalue weighted by molar-refractivity contribution is -0.141. The monoisotopic (exact) mass is 380 g/mol. The van der Waals surface area contributed by atoms with E-state index in [0.717, 1.165) is 38.3 Å². The molecule has 2 aliphatic heterocycles. The van der Waals surface area contributed by atoms with Gasteiger partial charge in [0, 0.05) is 52.7 Å². The highest BCUT2D eigenvalue weighted by molar-refractivity contribution is 5.85. The topological polar surface area (TPSA) is 64.7 Å². The number of amides is 2. The maximum atomic E-state index is 12.8. The number of nitrogens with one attached hydrogen (secondary N) is 2. The van der Waals surface area contributed by atoms with Crippen LogP contribution in [0.4, 0.5) is 0 Å². The number of likely N-dealkylation sites (tertiary alicyclic amines) is 1. The van der Waals surface area contributed by atoms with E-state index in [9.17, 15) is 9.59 Å². The van der Waals surface area contributed by atoms with Gasteiger partial charge in [0.05, 0.1) is 12.0 Å². The second-order valence-corrected chi connectivity index (χ2v) is 6.89. The molecule has 2 N–H and O–H groups in total. The van der Waals surface area contributed by atoms with Crippen LogP contribution >= 0.6 is 12.4 Å². The summed E-state index contributed by atoms with van der Waals surface area (Å²) < 4.78 is 0. The Bertz CT molecular complexity index is 592. The number of piperidine rings is 1. The van der Waals surface area contributed by atoms with Crippen molar-refractivity contribution in [3.63, 3.8) is 0 Å². The van der Waals surface area contributed by atoms with Crippen LogP contribution in [0.2, 0.25) is 0 Å². The van der Waals surface area contributed by atoms with Crippen LogP contribution in [0.15, 0.2) is 30.3 Å². The molecule has 0 saturated carbocycles. The number of hydrogen-bond acceptors (Lipinski definition) is 4. The molecule has 2 aliphatic rings. The van der Waals surface area contributed by atoms with Gasteiger partial charge in [-0.05, 0) is 12.0 Å². The van der Waals surface area contributed by atoms with E-state index in [-0.39, 0.29) is 36.2 Å². The smallest absolute Gasteiger partial charge is 0.225 e. The lowest BCUT2D eigenvalue weighted by Crippen LogP contribution is -2.49. The lowest BCUT2D eigenvalue weighted by atomic mass is 9.84. The van der Waals surface area contributed by atoms with Crippen LogP contribution < -0.4 is 10.6 Å². The summed E-state index contributed by atoms with van der Waals surface area (Å²) >= 11 is 0. The molecule has 0 aromatic heterocycles. The van der Waals surface area contributed by atoms with E-state index >= 15 is 0 Å². The van der Waals surface area contributed by atoms with Gasteiger partial charge in [-0.3, -0.25) is 14.5 Å². The van der Waals surface area contributed by atoms with Crippen molar-refractivity contribution in [2.75, 3.05) is 46.3 Å². The van der Waals surface area contributed by atoms with Crippen LogP contribution in [0.1, 0.15) is 24.4 Å². The Kier molecular flexibility index (Phi) is 7.87. The van der Waals surface area contributed by atoms with E-state index in [1.807, 2.05) is 30.3 Å². The summed E-state index contributed by atoms with van der Waals surface area (Å²) in [5.41, 5.74) is 1.03. The second kappa shape index (κ2) is 9.90. The van der Waals surface area contributed by atoms with Crippen LogP contribution in [0.25, 0.3) is 0 Å². The van der Waals surface area contributed by atoms with Crippen LogP contribution in [-0.2, 0) is 9.59 Å². The second-order valence-electron chi connectivity index (χ2n) is 6.89. The summed E-state index contributed by atoms with van der Waals surface area (Å²) in [7, 11) is 1.81. The molecule has 0 aliphatic carbocycles. The molecule has 1 aromatic carbocycles. The van der Waals surface area contributed by atoms with E-state index in [1.165, 1.54) is 0 Å². The van der Waals surface area contributed by atoms with Crippen LogP contribution in [-0.4, -0.2) is 67.9 Å². The quantitative estimate of drug-likeness (QED) is 0.801. The van der Waals surface area contributed by atoms with E-state index in [2.05, 4.69) is 15.5 Å². The van der Waals surface area contributed by atoms with Gasteiger partial charge in [0.1, 0.15) is 0 Å². The average molecular weight is 381 g/mol. The molecule has 2 saturated heterocycles. The average Bonchev–Trinajstić information content (AvgIpc) is 2.65. The molecule has 2 heterocycles. The van der Waals surface area contributed by atoms with E-state index < -0.39 is 0 Å². The van der Waals surface area contributed by atoms with Crippen molar-refractivity contribution in [3.8, 4) is 0 Å². The lowest BCUT2D eigenvalue weighted by Gasteiger charge is -2.38. The Balaban J connectivity index is 0.00000243. The molecule has 1 aromatic rings. The summed E-state index contributed by atoms with van der Waals surface area (Å²) in [5, 5.41) is 6.43. The van der Waals surface area contributed by atoms with Crippen molar-refractivity contribution < 1.29 is 9.59 Å². The third-order valence-corrected chi connectivity index (χ3v) is 5.28. The molecular weight excluding hydrogens is 352 g/mol. The molecule has 0 bridgehead atoms. The van der Waals surface area contributed by atoms with Gasteiger partial charge in [-0.25, -0.2) is 0 Å². The number of piperazine rings is 1. The number of carbonyl (C=O) groups excluding carboxylic acids is 2. The molecule has 2 unspecified atom stereocenters. The minimum Gasteiger partial charge on any atom is -0.354 e. The maximum absolute atomic E-state index is 12.8. The van der Waals surface area contributed by atoms with Crippen LogP contribution in [0.5, 0.6) is 0 Å². The largest absolute Gasteiger partial charge is 0.354 e. The van der Waals surface area contributed by atoms with Gasteiger partial charge in [-0.2, -0.15) is 0 Å². The van der Waals surface area contributed by atoms with Crippen molar-refractivity contribution in [1.29, 1.82) is 0 Å². The normalized spacial score (nSPS) is 24.0. The standard InChI is InChI=1S/C19H28N4O2.ClH/c1-22-17(24)8-7-16(18(22)15-5-3-2-4-6-15)19(25)21-11-14-23-12-9-20-10-13-23;/h2-6,16,18,20H,7-14H2,1H3,(H,21,25);1H. The molecule has 2 amide bonds. The number of carbonyl (C=O) groups is 2. The summed E-state index contributed by atoms with van der Waals surface area (Å²) in [4.78, 5) is 29.0. The van der Waals surface area contributed by atoms with Crippen LogP contribution in [0, 0.1) is 5.92 Å². The number of nitrogens with zero attached hydrogens (tertiary/aromatic N) is 2. The first-order valence-electron chi connectivity index (χ1n) is 9.18. The van der Waals surface area contributed by atoms with Crippen LogP contribution in [0.3, 0.4) is 0 Å². The molecule has 3 rings (SSSR count). The van der Waals surface area contributed by atoms with Crippen molar-refractivity contribution >= 4 is 24.2 Å². The fourth-order valence-electron chi connectivity index (χ4n) is 3.82. The van der Waals surface area contributed by atoms with Gasteiger partial charge in [-0.15, -0.1) is 12.4 Å². The number of hydrogen-bond donors (Lipinski definition) is 2. The summed E-state index contributed by atoms with van der Waals surface area (Å²) in [6.07, 6.45) is 1.05. The Hall–Kier alpha value is -1.63. The SMILES string of the molecule is CN1C(=O)CCC(C(=O)NCCN2CCNCC2)C1c1ccccc1.Cl. The number of rotatable bonds is 5. The first-order valence-corrected chi connectivity index (χ1v) is 9.18. The fraction of sp³-hybridized carbons (Fsp3) is 0.579. The Morgan fingerprint density at radius 2 is 1.92 bits per heavy atom. The Labute approximate surface area is 161 Å². The number of benzene rings is 1. The molecule has 0 spiro atoms. The zero-order valence-electron chi connectivity index (χ0n) is 15.3. The van der Waals surface area contributed by atoms with Crippen molar-refractivity contribution in [2.24, 2.45) is 5.92 Å². The molecule has 2 fully saturated rings. The minimum atomic E-state index is -0.187. The summed E-state index contributed by atoms with van der Waals surface area (Å²) in [6, 6.07) is 9.70. The zero-order valence-corrected chi connectivity index (χ0v) is 16.1. The molecule has 7 heteroatoms. The number of halogens is 1. The van der Waals surface area contributed by atoms with E-state index in [0.29, 0.717) is 19.4 Å². The van der Waals surface area contributed by atoms with Gasteiger partial charge in [0.15, 0.2) is 0 Å². The highest BCUT2D eigenvalue weighted by atomic mass is 35.5. The molecule has 6 nitrogen and oxygen atoms in total. The Morgan fingerprint density at radius 1 is 1.23 bits per heavy atom. The van der Waals surface area contributed by atoms with Gasteiger partial charge < -0.3 is 15.5 Å². The first kappa shape index (κ1) is 20.7. The third-order valence-electron chi connectivity index (χ3n) is 5.28. The predicted octanol–water partition coefficient (Wildman–Crippen LogP) is 1.04. The first-order chi connectivity index (χ1) is 12.2. The van der Waals surface area contributed by atoms with Gasteiger partial charge >= 0.3 is 0 Å². The molecule has 144 valence electrons. The third kappa shape index (κ3) is 4.96. The maximum Gasteiger partial charge on any atom is 0.225 e. The van der Waals surface area contributed by atoms with Crippen molar-refractivity contribution in [1.82, 2.24) is 20.4 Å². The van der Waals surface area contributed by atoms with E-state index in [4.69, 9.17) is 0 Å². The highest BCUT2D eigenvalue weighted by Gasteiger charge is 2.38. The van der Waals surface area contributed by atoms with Gasteiger partial charge in [-0.1, -0.05) is 30.3 Å². The predicted molar refractivity (Wildman–Crippen MR) is 104 cm³/mol. The van der Waals surface area contributed by atoms with Gasteiger partial charge in [0.25, 0.3) is 0 Å². The molecular formula is C19H29ClN4O2. The minimum absolute atomic E-state index is 0. The zero-order chi connectivity index (χ0) is 17.6. The van der Waals surface area contributed by atoms with Crippen molar-refractivity contribution in [3.05, 3.63) is 35.9 Å². The highest BCUT2D eigenvalue weighted by Crippen LogP contribution is 2.35. The summed E-state index contributed by atoms with van der Waals surface area (Å²) in [5.74, 6) is -0.0184. The van der Waals surface area contributed by atoms with Crippen molar-refractivity contribution in [2.45, 2.75) is 18.9 Å². The Morgan fingerprint density at radius 3 is 2.62 bits per heavy atom.